The second-order valence-corrected chi connectivity index (χ2v) is 3.11. The van der Waals surface area contributed by atoms with Crippen LogP contribution in [-0.4, -0.2) is 9.36 Å². The van der Waals surface area contributed by atoms with Gasteiger partial charge >= 0.3 is 0 Å². The molecule has 0 atom stereocenters. The van der Waals surface area contributed by atoms with Crippen LogP contribution in [0.15, 0.2) is 30.9 Å². The highest BCUT2D eigenvalue weighted by molar-refractivity contribution is 7.05. The number of aryl methyl sites for hydroxylation is 1. The fourth-order valence-corrected chi connectivity index (χ4v) is 1.13. The molecule has 1 rings (SSSR count). The minimum absolute atomic E-state index is 0.770. The second-order valence-electron chi connectivity index (χ2n) is 2.15. The number of rotatable bonds is 3. The van der Waals surface area contributed by atoms with Crippen molar-refractivity contribution in [2.45, 2.75) is 6.92 Å². The maximum atomic E-state index is 4.17. The predicted molar refractivity (Wildman–Crippen MR) is 53.0 cm³/mol. The van der Waals surface area contributed by atoms with E-state index in [9.17, 15) is 0 Å². The van der Waals surface area contributed by atoms with E-state index in [2.05, 4.69) is 15.9 Å². The molecule has 0 aliphatic rings. The van der Waals surface area contributed by atoms with Crippen LogP contribution in [-0.2, 0) is 0 Å². The van der Waals surface area contributed by atoms with Gasteiger partial charge in [-0.25, -0.2) is 4.98 Å². The Balaban J connectivity index is 2.57. The highest BCUT2D eigenvalue weighted by Gasteiger charge is 1.92. The molecule has 0 aromatic carbocycles. The van der Waals surface area contributed by atoms with Crippen molar-refractivity contribution in [3.63, 3.8) is 0 Å². The molecule has 0 radical (unpaired) electrons. The van der Waals surface area contributed by atoms with E-state index in [1.54, 1.807) is 6.08 Å². The number of nitrogens with zero attached hydrogens (tertiary/aromatic N) is 2. The summed E-state index contributed by atoms with van der Waals surface area (Å²) < 4.78 is 4.10. The number of hydrogen-bond acceptors (Lipinski definition) is 3. The molecule has 62 valence electrons. The molecule has 0 aliphatic heterocycles. The Morgan fingerprint density at radius 1 is 1.33 bits per heavy atom. The lowest BCUT2D eigenvalue weighted by atomic mass is 10.4. The van der Waals surface area contributed by atoms with Crippen LogP contribution >= 0.6 is 11.5 Å². The largest absolute Gasteiger partial charge is 0.221 e. The summed E-state index contributed by atoms with van der Waals surface area (Å²) in [5, 5.41) is 0.988. The van der Waals surface area contributed by atoms with Gasteiger partial charge in [-0.15, -0.1) is 0 Å². The van der Waals surface area contributed by atoms with Crippen LogP contribution in [0.5, 0.6) is 0 Å². The van der Waals surface area contributed by atoms with Crippen LogP contribution in [0, 0.1) is 6.92 Å². The zero-order chi connectivity index (χ0) is 8.81. The van der Waals surface area contributed by atoms with Gasteiger partial charge in [0.15, 0.2) is 5.82 Å². The van der Waals surface area contributed by atoms with E-state index in [0.29, 0.717) is 0 Å². The maximum Gasteiger partial charge on any atom is 0.165 e. The first-order chi connectivity index (χ1) is 5.83. The normalized spacial score (nSPS) is 11.4. The average molecular weight is 178 g/mol. The van der Waals surface area contributed by atoms with E-state index in [-0.39, 0.29) is 0 Å². The van der Waals surface area contributed by atoms with E-state index in [0.717, 1.165) is 10.8 Å². The van der Waals surface area contributed by atoms with Crippen molar-refractivity contribution in [2.75, 3.05) is 0 Å². The summed E-state index contributed by atoms with van der Waals surface area (Å²) in [5.74, 6) is 0.770. The van der Waals surface area contributed by atoms with Crippen LogP contribution in [0.1, 0.15) is 10.8 Å². The van der Waals surface area contributed by atoms with Crippen molar-refractivity contribution in [3.05, 3.63) is 41.7 Å². The zero-order valence-corrected chi connectivity index (χ0v) is 7.71. The van der Waals surface area contributed by atoms with E-state index in [4.69, 9.17) is 0 Å². The van der Waals surface area contributed by atoms with Crippen LogP contribution in [0.4, 0.5) is 0 Å². The summed E-state index contributed by atoms with van der Waals surface area (Å²) in [6, 6.07) is 0. The van der Waals surface area contributed by atoms with Crippen LogP contribution in [0.25, 0.3) is 6.08 Å². The molecule has 0 spiro atoms. The molecule has 2 nitrogen and oxygen atoms in total. The molecule has 0 saturated carbocycles. The minimum atomic E-state index is 0.770. The third-order valence-electron chi connectivity index (χ3n) is 1.15. The molecular weight excluding hydrogens is 168 g/mol. The molecule has 0 unspecified atom stereocenters. The lowest BCUT2D eigenvalue weighted by Gasteiger charge is -1.76. The molecule has 3 heteroatoms. The molecule has 0 aliphatic carbocycles. The summed E-state index contributed by atoms with van der Waals surface area (Å²) in [6.45, 7) is 5.50. The van der Waals surface area contributed by atoms with Gasteiger partial charge in [0.2, 0.25) is 0 Å². The van der Waals surface area contributed by atoms with E-state index in [1.165, 1.54) is 11.5 Å². The van der Waals surface area contributed by atoms with Gasteiger partial charge < -0.3 is 0 Å². The Labute approximate surface area is 76.1 Å². The van der Waals surface area contributed by atoms with Crippen molar-refractivity contribution in [3.8, 4) is 0 Å². The van der Waals surface area contributed by atoms with Gasteiger partial charge in [-0.1, -0.05) is 30.9 Å². The third-order valence-corrected chi connectivity index (χ3v) is 1.78. The van der Waals surface area contributed by atoms with Crippen molar-refractivity contribution in [2.24, 2.45) is 0 Å². The Kier molecular flexibility index (Phi) is 3.41. The molecule has 0 N–H and O–H groups in total. The average Bonchev–Trinajstić information content (AvgIpc) is 2.45. The smallest absolute Gasteiger partial charge is 0.165 e. The molecule has 12 heavy (non-hydrogen) atoms. The fraction of sp³-hybridized carbons (Fsp3) is 0.111. The number of allylic oxidation sites excluding steroid dienone is 4. The monoisotopic (exact) mass is 178 g/mol. The highest BCUT2D eigenvalue weighted by Crippen LogP contribution is 2.03. The fourth-order valence-electron chi connectivity index (χ4n) is 0.667. The molecular formula is C9H10N2S. The van der Waals surface area contributed by atoms with Gasteiger partial charge in [-0.2, -0.15) is 4.37 Å². The van der Waals surface area contributed by atoms with E-state index >= 15 is 0 Å². The van der Waals surface area contributed by atoms with Gasteiger partial charge in [-0.05, 0) is 24.5 Å². The molecule has 1 aromatic rings. The quantitative estimate of drug-likeness (QED) is 0.665. The first-order valence-corrected chi connectivity index (χ1v) is 4.36. The summed E-state index contributed by atoms with van der Waals surface area (Å²) in [6.07, 6.45) is 9.23. The molecule has 0 bridgehead atoms. The first-order valence-electron chi connectivity index (χ1n) is 3.59. The van der Waals surface area contributed by atoms with Gasteiger partial charge in [0.1, 0.15) is 5.01 Å². The van der Waals surface area contributed by atoms with Gasteiger partial charge in [0, 0.05) is 0 Å². The van der Waals surface area contributed by atoms with Crippen LogP contribution < -0.4 is 0 Å². The second kappa shape index (κ2) is 4.62. The van der Waals surface area contributed by atoms with Crippen molar-refractivity contribution < 1.29 is 0 Å². The summed E-state index contributed by atoms with van der Waals surface area (Å²) in [7, 11) is 0. The molecule has 0 amide bonds. The highest BCUT2D eigenvalue weighted by atomic mass is 32.1. The standard InChI is InChI=1S/C9H10N2S/c1-3-4-5-6-7-9-10-8(2)12-11-9/h3-7H,1H2,2H3/b5-4-,7-6+. The van der Waals surface area contributed by atoms with E-state index in [1.807, 2.05) is 31.2 Å². The Bertz CT molecular complexity index is 310. The van der Waals surface area contributed by atoms with Gasteiger partial charge in [-0.3, -0.25) is 0 Å². The summed E-state index contributed by atoms with van der Waals surface area (Å²) in [5.41, 5.74) is 0. The molecule has 1 heterocycles. The predicted octanol–water partition coefficient (Wildman–Crippen LogP) is 2.60. The lowest BCUT2D eigenvalue weighted by Crippen LogP contribution is -1.72. The van der Waals surface area contributed by atoms with Gasteiger partial charge in [0.25, 0.3) is 0 Å². The van der Waals surface area contributed by atoms with Crippen molar-refractivity contribution in [1.29, 1.82) is 0 Å². The summed E-state index contributed by atoms with van der Waals surface area (Å²) in [4.78, 5) is 4.17. The topological polar surface area (TPSA) is 25.8 Å². The summed E-state index contributed by atoms with van der Waals surface area (Å²) >= 11 is 1.41. The number of aromatic nitrogens is 2. The molecule has 1 aromatic heterocycles. The van der Waals surface area contributed by atoms with Crippen LogP contribution in [0.2, 0.25) is 0 Å². The zero-order valence-electron chi connectivity index (χ0n) is 6.90. The Hall–Kier alpha value is -1.22. The van der Waals surface area contributed by atoms with Crippen molar-refractivity contribution in [1.82, 2.24) is 9.36 Å². The van der Waals surface area contributed by atoms with E-state index < -0.39 is 0 Å². The third kappa shape index (κ3) is 2.80. The van der Waals surface area contributed by atoms with Crippen molar-refractivity contribution >= 4 is 17.6 Å². The Morgan fingerprint density at radius 2 is 2.17 bits per heavy atom. The molecule has 0 saturated heterocycles. The first kappa shape index (κ1) is 8.87. The molecule has 0 fully saturated rings. The SMILES string of the molecule is C=C/C=C\C=C\c1nsc(C)n1. The van der Waals surface area contributed by atoms with Crippen LogP contribution in [0.3, 0.4) is 0 Å². The Morgan fingerprint density at radius 3 is 2.75 bits per heavy atom. The van der Waals surface area contributed by atoms with Gasteiger partial charge in [0.05, 0.1) is 0 Å². The maximum absolute atomic E-state index is 4.17. The lowest BCUT2D eigenvalue weighted by molar-refractivity contribution is 1.22. The number of hydrogen-bond donors (Lipinski definition) is 0. The minimum Gasteiger partial charge on any atom is -0.221 e.